The molecule has 1 unspecified atom stereocenters. The summed E-state index contributed by atoms with van der Waals surface area (Å²) in [6.45, 7) is 6.34. The fourth-order valence-electron chi connectivity index (χ4n) is 8.71. The third kappa shape index (κ3) is 64.1. The van der Waals surface area contributed by atoms with Crippen molar-refractivity contribution in [2.75, 3.05) is 13.2 Å². The van der Waals surface area contributed by atoms with Crippen LogP contribution in [0.25, 0.3) is 0 Å². The van der Waals surface area contributed by atoms with Crippen molar-refractivity contribution < 1.29 is 28.6 Å². The van der Waals surface area contributed by atoms with Gasteiger partial charge in [0, 0.05) is 19.3 Å². The van der Waals surface area contributed by atoms with Gasteiger partial charge >= 0.3 is 17.9 Å². The van der Waals surface area contributed by atoms with Crippen LogP contribution in [0.1, 0.15) is 284 Å². The molecule has 0 saturated carbocycles. The van der Waals surface area contributed by atoms with Gasteiger partial charge in [-0.05, 0) is 135 Å². The number of rotatable bonds is 58. The lowest BCUT2D eigenvalue weighted by molar-refractivity contribution is -0.167. The summed E-state index contributed by atoms with van der Waals surface area (Å²) >= 11 is 0. The van der Waals surface area contributed by atoms with Gasteiger partial charge in [-0.1, -0.05) is 276 Å². The molecule has 0 aliphatic heterocycles. The van der Waals surface area contributed by atoms with E-state index in [2.05, 4.69) is 167 Å². The summed E-state index contributed by atoms with van der Waals surface area (Å²) in [5, 5.41) is 0. The molecule has 6 nitrogen and oxygen atoms in total. The molecule has 0 amide bonds. The van der Waals surface area contributed by atoms with E-state index in [1.54, 1.807) is 0 Å². The van der Waals surface area contributed by atoms with E-state index < -0.39 is 6.10 Å². The smallest absolute Gasteiger partial charge is 0.306 e. The lowest BCUT2D eigenvalue weighted by Crippen LogP contribution is -2.30. The highest BCUT2D eigenvalue weighted by atomic mass is 16.6. The number of hydrogen-bond donors (Lipinski definition) is 0. The molecular formula is C74H120O6. The molecule has 0 aromatic rings. The molecule has 0 saturated heterocycles. The van der Waals surface area contributed by atoms with Crippen molar-refractivity contribution in [2.24, 2.45) is 0 Å². The molecule has 0 fully saturated rings. The quantitative estimate of drug-likeness (QED) is 0.0261. The second-order valence-electron chi connectivity index (χ2n) is 21.3. The zero-order valence-corrected chi connectivity index (χ0v) is 51.8. The van der Waals surface area contributed by atoms with Crippen molar-refractivity contribution >= 4 is 17.9 Å². The summed E-state index contributed by atoms with van der Waals surface area (Å²) in [6, 6.07) is 0. The van der Waals surface area contributed by atoms with E-state index in [0.717, 1.165) is 154 Å². The van der Waals surface area contributed by atoms with E-state index in [1.807, 2.05) is 0 Å². The number of esters is 3. The van der Waals surface area contributed by atoms with Crippen LogP contribution in [-0.4, -0.2) is 37.2 Å². The van der Waals surface area contributed by atoms with E-state index in [-0.39, 0.29) is 31.1 Å². The van der Waals surface area contributed by atoms with E-state index in [0.29, 0.717) is 19.3 Å². The molecule has 0 radical (unpaired) electrons. The van der Waals surface area contributed by atoms with Gasteiger partial charge in [-0.3, -0.25) is 14.4 Å². The first-order chi connectivity index (χ1) is 39.5. The zero-order valence-electron chi connectivity index (χ0n) is 51.8. The van der Waals surface area contributed by atoms with Gasteiger partial charge in [0.25, 0.3) is 0 Å². The number of carbonyl (C=O) groups excluding carboxylic acids is 3. The van der Waals surface area contributed by atoms with Crippen LogP contribution < -0.4 is 0 Å². The predicted octanol–water partition coefficient (Wildman–Crippen LogP) is 22.7. The Bertz CT molecular complexity index is 1750. The Labute approximate surface area is 493 Å². The largest absolute Gasteiger partial charge is 0.462 e. The number of ether oxygens (including phenoxy) is 3. The first-order valence-corrected chi connectivity index (χ1v) is 32.8. The molecule has 0 rings (SSSR count). The van der Waals surface area contributed by atoms with Crippen LogP contribution in [-0.2, 0) is 28.6 Å². The molecule has 6 heteroatoms. The summed E-state index contributed by atoms with van der Waals surface area (Å²) in [6.07, 6.45) is 95.8. The first-order valence-electron chi connectivity index (χ1n) is 32.8. The van der Waals surface area contributed by atoms with Crippen molar-refractivity contribution in [3.05, 3.63) is 146 Å². The molecule has 452 valence electrons. The van der Waals surface area contributed by atoms with Gasteiger partial charge in [-0.2, -0.15) is 0 Å². The van der Waals surface area contributed by atoms with Gasteiger partial charge in [0.2, 0.25) is 0 Å². The van der Waals surface area contributed by atoms with E-state index in [4.69, 9.17) is 14.2 Å². The van der Waals surface area contributed by atoms with Gasteiger partial charge < -0.3 is 14.2 Å². The number of unbranched alkanes of at least 4 members (excludes halogenated alkanes) is 23. The molecule has 0 aliphatic carbocycles. The molecule has 0 aromatic heterocycles. The molecule has 0 aliphatic rings. The predicted molar refractivity (Wildman–Crippen MR) is 348 cm³/mol. The maximum atomic E-state index is 12.9. The van der Waals surface area contributed by atoms with Gasteiger partial charge in [0.15, 0.2) is 6.10 Å². The summed E-state index contributed by atoms with van der Waals surface area (Å²) in [5.41, 5.74) is 0. The Morgan fingerprint density at radius 2 is 0.487 bits per heavy atom. The van der Waals surface area contributed by atoms with Crippen molar-refractivity contribution in [1.29, 1.82) is 0 Å². The second kappa shape index (κ2) is 66.8. The van der Waals surface area contributed by atoms with E-state index in [1.165, 1.54) is 89.9 Å². The standard InChI is InChI=1S/C74H120O6/c1-4-7-10-13-16-19-22-24-26-28-30-32-34-35-36-37-38-39-41-42-44-46-48-50-52-55-58-61-64-67-73(76)79-70-71(69-78-72(75)66-63-60-57-54-21-18-15-12-9-6-3)80-74(77)68-65-62-59-56-53-51-49-47-45-43-40-33-31-29-27-25-23-20-17-14-11-8-5-2/h7-8,10-12,15-17,19-20,24-27,30-33,35-36,38-39,43,45,71H,4-6,9,13-14,18,21-23,28-29,34,37,40-42,44,46-70H2,1-3H3/b10-7-,11-8-,15-12-,19-16-,20-17-,26-24-,27-25-,32-30-,33-31-,36-35-,39-38-,45-43-. The minimum Gasteiger partial charge on any atom is -0.462 e. The maximum absolute atomic E-state index is 12.9. The third-order valence-electron chi connectivity index (χ3n) is 13.5. The Morgan fingerprint density at radius 1 is 0.263 bits per heavy atom. The molecule has 1 atom stereocenters. The van der Waals surface area contributed by atoms with Crippen molar-refractivity contribution in [1.82, 2.24) is 0 Å². The average Bonchev–Trinajstić information content (AvgIpc) is 3.46. The SMILES string of the molecule is CC/C=C\C/C=C\C/C=C\C/C=C\C/C=C\C/C=C\CCCCCCCCCCCCC(=O)OCC(COC(=O)CCCCCCC/C=C\CCC)OC(=O)CCCCCCCCC/C=C\C/C=C\C/C=C\C/C=C\C/C=C\CC. The number of allylic oxidation sites excluding steroid dienone is 24. The van der Waals surface area contributed by atoms with E-state index >= 15 is 0 Å². The van der Waals surface area contributed by atoms with Crippen LogP contribution in [0, 0.1) is 0 Å². The molecule has 0 spiro atoms. The summed E-state index contributed by atoms with van der Waals surface area (Å²) in [5.74, 6) is -0.917. The maximum Gasteiger partial charge on any atom is 0.306 e. The molecule has 80 heavy (non-hydrogen) atoms. The summed E-state index contributed by atoms with van der Waals surface area (Å²) in [4.78, 5) is 38.3. The van der Waals surface area contributed by atoms with Crippen LogP contribution >= 0.6 is 0 Å². The van der Waals surface area contributed by atoms with Gasteiger partial charge in [-0.15, -0.1) is 0 Å². The van der Waals surface area contributed by atoms with Crippen LogP contribution in [0.4, 0.5) is 0 Å². The fraction of sp³-hybridized carbons (Fsp3) is 0.635. The second-order valence-corrected chi connectivity index (χ2v) is 21.3. The van der Waals surface area contributed by atoms with Crippen LogP contribution in [0.5, 0.6) is 0 Å². The Hall–Kier alpha value is -4.71. The van der Waals surface area contributed by atoms with E-state index in [9.17, 15) is 14.4 Å². The minimum atomic E-state index is -0.796. The van der Waals surface area contributed by atoms with Gasteiger partial charge in [-0.25, -0.2) is 0 Å². The summed E-state index contributed by atoms with van der Waals surface area (Å²) in [7, 11) is 0. The monoisotopic (exact) mass is 1100 g/mol. The van der Waals surface area contributed by atoms with Gasteiger partial charge in [0.1, 0.15) is 13.2 Å². The molecule has 0 heterocycles. The lowest BCUT2D eigenvalue weighted by atomic mass is 10.1. The van der Waals surface area contributed by atoms with Crippen LogP contribution in [0.2, 0.25) is 0 Å². The third-order valence-corrected chi connectivity index (χ3v) is 13.5. The minimum absolute atomic E-state index is 0.0917. The van der Waals surface area contributed by atoms with Crippen molar-refractivity contribution in [3.8, 4) is 0 Å². The zero-order chi connectivity index (χ0) is 57.8. The lowest BCUT2D eigenvalue weighted by Gasteiger charge is -2.18. The topological polar surface area (TPSA) is 78.9 Å². The highest BCUT2D eigenvalue weighted by molar-refractivity contribution is 5.71. The van der Waals surface area contributed by atoms with Gasteiger partial charge in [0.05, 0.1) is 0 Å². The number of carbonyl (C=O) groups is 3. The van der Waals surface area contributed by atoms with Crippen LogP contribution in [0.3, 0.4) is 0 Å². The Kier molecular flexibility index (Phi) is 62.9. The highest BCUT2D eigenvalue weighted by Crippen LogP contribution is 2.15. The highest BCUT2D eigenvalue weighted by Gasteiger charge is 2.19. The molecule has 0 aromatic carbocycles. The number of hydrogen-bond acceptors (Lipinski definition) is 6. The fourth-order valence-corrected chi connectivity index (χ4v) is 8.71. The first kappa shape index (κ1) is 75.3. The van der Waals surface area contributed by atoms with Crippen molar-refractivity contribution in [2.45, 2.75) is 290 Å². The molecular weight excluding hydrogens is 985 g/mol. The normalized spacial score (nSPS) is 13.1. The van der Waals surface area contributed by atoms with Crippen molar-refractivity contribution in [3.63, 3.8) is 0 Å². The Morgan fingerprint density at radius 3 is 0.775 bits per heavy atom. The summed E-state index contributed by atoms with van der Waals surface area (Å²) < 4.78 is 16.9. The molecule has 0 bridgehead atoms. The Balaban J connectivity index is 4.29. The van der Waals surface area contributed by atoms with Crippen LogP contribution in [0.15, 0.2) is 146 Å². The average molecular weight is 1110 g/mol. The molecule has 0 N–H and O–H groups in total.